The Hall–Kier alpha value is -2.34. The number of carbonyl (C=O) groups excluding carboxylic acids is 1. The Bertz CT molecular complexity index is 731. The largest absolute Gasteiger partial charge is 0.359 e. The van der Waals surface area contributed by atoms with E-state index in [0.29, 0.717) is 22.4 Å². The SMILES string of the molecule is Cc1ccc(-c2nc(SCC(=O)c3ccc[nH]3)n[nH]2)cc1. The molecule has 0 fully saturated rings. The van der Waals surface area contributed by atoms with Gasteiger partial charge in [-0.25, -0.2) is 4.98 Å². The van der Waals surface area contributed by atoms with Gasteiger partial charge in [0.2, 0.25) is 5.16 Å². The number of ketones is 1. The Labute approximate surface area is 126 Å². The molecule has 0 spiro atoms. The van der Waals surface area contributed by atoms with Crippen LogP contribution in [0.4, 0.5) is 0 Å². The van der Waals surface area contributed by atoms with Crippen LogP contribution in [0.2, 0.25) is 0 Å². The Balaban J connectivity index is 1.65. The molecule has 0 saturated heterocycles. The third-order valence-electron chi connectivity index (χ3n) is 3.02. The molecular weight excluding hydrogens is 284 g/mol. The summed E-state index contributed by atoms with van der Waals surface area (Å²) in [7, 11) is 0. The number of rotatable bonds is 5. The van der Waals surface area contributed by atoms with E-state index >= 15 is 0 Å². The van der Waals surface area contributed by atoms with Crippen molar-refractivity contribution in [1.82, 2.24) is 20.2 Å². The van der Waals surface area contributed by atoms with E-state index in [9.17, 15) is 4.79 Å². The summed E-state index contributed by atoms with van der Waals surface area (Å²) in [6.07, 6.45) is 1.74. The van der Waals surface area contributed by atoms with Gasteiger partial charge < -0.3 is 4.98 Å². The highest BCUT2D eigenvalue weighted by molar-refractivity contribution is 7.99. The second kappa shape index (κ2) is 5.97. The average Bonchev–Trinajstić information content (AvgIpc) is 3.17. The van der Waals surface area contributed by atoms with Gasteiger partial charge in [-0.3, -0.25) is 9.89 Å². The molecule has 0 aliphatic carbocycles. The molecule has 2 heterocycles. The van der Waals surface area contributed by atoms with Crippen molar-refractivity contribution in [3.8, 4) is 11.4 Å². The van der Waals surface area contributed by atoms with Crippen LogP contribution in [0.5, 0.6) is 0 Å². The van der Waals surface area contributed by atoms with Gasteiger partial charge in [-0.2, -0.15) is 0 Å². The Morgan fingerprint density at radius 2 is 2.05 bits per heavy atom. The normalized spacial score (nSPS) is 10.7. The van der Waals surface area contributed by atoms with E-state index in [1.54, 1.807) is 18.3 Å². The lowest BCUT2D eigenvalue weighted by molar-refractivity contribution is 0.101. The average molecular weight is 298 g/mol. The number of nitrogens with zero attached hydrogens (tertiary/aromatic N) is 2. The quantitative estimate of drug-likeness (QED) is 0.561. The number of Topliss-reactive ketones (excluding diaryl/α,β-unsaturated/α-hetero) is 1. The minimum atomic E-state index is 0.0340. The molecule has 3 aromatic rings. The third kappa shape index (κ3) is 3.22. The summed E-state index contributed by atoms with van der Waals surface area (Å²) in [6, 6.07) is 11.6. The van der Waals surface area contributed by atoms with Gasteiger partial charge in [0.1, 0.15) is 0 Å². The molecular formula is C15H14N4OS. The Morgan fingerprint density at radius 3 is 2.76 bits per heavy atom. The number of hydrogen-bond donors (Lipinski definition) is 2. The summed E-state index contributed by atoms with van der Waals surface area (Å²) < 4.78 is 0. The van der Waals surface area contributed by atoms with Crippen LogP contribution >= 0.6 is 11.8 Å². The third-order valence-corrected chi connectivity index (χ3v) is 3.87. The van der Waals surface area contributed by atoms with Crippen LogP contribution in [-0.2, 0) is 0 Å². The molecule has 106 valence electrons. The zero-order valence-corrected chi connectivity index (χ0v) is 12.3. The van der Waals surface area contributed by atoms with Gasteiger partial charge in [0.25, 0.3) is 0 Å². The highest BCUT2D eigenvalue weighted by atomic mass is 32.2. The maximum atomic E-state index is 11.9. The fraction of sp³-hybridized carbons (Fsp3) is 0.133. The van der Waals surface area contributed by atoms with E-state index in [4.69, 9.17) is 0 Å². The van der Waals surface area contributed by atoms with Crippen molar-refractivity contribution in [2.24, 2.45) is 0 Å². The monoisotopic (exact) mass is 298 g/mol. The first-order chi connectivity index (χ1) is 10.2. The van der Waals surface area contributed by atoms with Gasteiger partial charge in [-0.1, -0.05) is 41.6 Å². The van der Waals surface area contributed by atoms with Crippen molar-refractivity contribution in [2.75, 3.05) is 5.75 Å². The first kappa shape index (κ1) is 13.6. The van der Waals surface area contributed by atoms with E-state index in [2.05, 4.69) is 20.2 Å². The zero-order valence-electron chi connectivity index (χ0n) is 11.5. The summed E-state index contributed by atoms with van der Waals surface area (Å²) in [5, 5.41) is 7.61. The summed E-state index contributed by atoms with van der Waals surface area (Å²) >= 11 is 1.32. The first-order valence-corrected chi connectivity index (χ1v) is 7.50. The van der Waals surface area contributed by atoms with E-state index in [1.807, 2.05) is 31.2 Å². The summed E-state index contributed by atoms with van der Waals surface area (Å²) in [6.45, 7) is 2.04. The molecule has 0 bridgehead atoms. The molecule has 21 heavy (non-hydrogen) atoms. The molecule has 0 radical (unpaired) electrons. The van der Waals surface area contributed by atoms with E-state index in [0.717, 1.165) is 5.56 Å². The smallest absolute Gasteiger partial charge is 0.209 e. The van der Waals surface area contributed by atoms with Crippen LogP contribution < -0.4 is 0 Å². The van der Waals surface area contributed by atoms with Crippen LogP contribution in [0.1, 0.15) is 16.1 Å². The van der Waals surface area contributed by atoms with Crippen LogP contribution in [0.15, 0.2) is 47.8 Å². The van der Waals surface area contributed by atoms with Crippen LogP contribution in [0.25, 0.3) is 11.4 Å². The number of aryl methyl sites for hydroxylation is 1. The lowest BCUT2D eigenvalue weighted by atomic mass is 10.1. The molecule has 6 heteroatoms. The number of benzene rings is 1. The van der Waals surface area contributed by atoms with Gasteiger partial charge in [-0.05, 0) is 19.1 Å². The predicted molar refractivity (Wildman–Crippen MR) is 82.4 cm³/mol. The number of aromatic amines is 2. The van der Waals surface area contributed by atoms with Crippen LogP contribution in [0, 0.1) is 6.92 Å². The molecule has 0 aliphatic heterocycles. The summed E-state index contributed by atoms with van der Waals surface area (Å²) in [4.78, 5) is 19.2. The molecule has 2 N–H and O–H groups in total. The molecule has 0 atom stereocenters. The predicted octanol–water partition coefficient (Wildman–Crippen LogP) is 3.08. The van der Waals surface area contributed by atoms with Crippen LogP contribution in [0.3, 0.4) is 0 Å². The van der Waals surface area contributed by atoms with Crippen LogP contribution in [-0.4, -0.2) is 31.7 Å². The summed E-state index contributed by atoms with van der Waals surface area (Å²) in [5.74, 6) is 1.06. The highest BCUT2D eigenvalue weighted by Gasteiger charge is 2.10. The highest BCUT2D eigenvalue weighted by Crippen LogP contribution is 2.20. The number of aromatic nitrogens is 4. The molecule has 0 saturated carbocycles. The Morgan fingerprint density at radius 1 is 1.24 bits per heavy atom. The maximum absolute atomic E-state index is 11.9. The van der Waals surface area contributed by atoms with Gasteiger partial charge in [0, 0.05) is 11.8 Å². The molecule has 0 aliphatic rings. The van der Waals surface area contributed by atoms with Gasteiger partial charge in [-0.15, -0.1) is 5.10 Å². The molecule has 2 aromatic heterocycles. The van der Waals surface area contributed by atoms with Crippen molar-refractivity contribution in [1.29, 1.82) is 0 Å². The number of H-pyrrole nitrogens is 2. The van der Waals surface area contributed by atoms with Crippen molar-refractivity contribution in [2.45, 2.75) is 12.1 Å². The van der Waals surface area contributed by atoms with Gasteiger partial charge >= 0.3 is 0 Å². The first-order valence-electron chi connectivity index (χ1n) is 6.51. The van der Waals surface area contributed by atoms with Crippen molar-refractivity contribution >= 4 is 17.5 Å². The second-order valence-corrected chi connectivity index (χ2v) is 5.57. The number of nitrogens with one attached hydrogen (secondary N) is 2. The standard InChI is InChI=1S/C15H14N4OS/c1-10-4-6-11(7-5-10)14-17-15(19-18-14)21-9-13(20)12-3-2-8-16-12/h2-8,16H,9H2,1H3,(H,17,18,19). The molecule has 1 aromatic carbocycles. The van der Waals surface area contributed by atoms with Crippen molar-refractivity contribution in [3.63, 3.8) is 0 Å². The van der Waals surface area contributed by atoms with E-state index in [-0.39, 0.29) is 5.78 Å². The fourth-order valence-electron chi connectivity index (χ4n) is 1.86. The van der Waals surface area contributed by atoms with Crippen molar-refractivity contribution in [3.05, 3.63) is 53.9 Å². The minimum absolute atomic E-state index is 0.0340. The summed E-state index contributed by atoms with van der Waals surface area (Å²) in [5.41, 5.74) is 2.79. The minimum Gasteiger partial charge on any atom is -0.359 e. The van der Waals surface area contributed by atoms with E-state index < -0.39 is 0 Å². The zero-order chi connectivity index (χ0) is 14.7. The molecule has 3 rings (SSSR count). The lowest BCUT2D eigenvalue weighted by Gasteiger charge is -1.96. The van der Waals surface area contributed by atoms with Crippen molar-refractivity contribution < 1.29 is 4.79 Å². The molecule has 0 amide bonds. The van der Waals surface area contributed by atoms with Gasteiger partial charge in [0.05, 0.1) is 11.4 Å². The number of hydrogen-bond acceptors (Lipinski definition) is 4. The molecule has 5 nitrogen and oxygen atoms in total. The Kier molecular flexibility index (Phi) is 3.87. The second-order valence-electron chi connectivity index (χ2n) is 4.63. The maximum Gasteiger partial charge on any atom is 0.209 e. The fourth-order valence-corrected chi connectivity index (χ4v) is 2.54. The van der Waals surface area contributed by atoms with Gasteiger partial charge in [0.15, 0.2) is 11.6 Å². The number of carbonyl (C=O) groups is 1. The molecule has 0 unspecified atom stereocenters. The van der Waals surface area contributed by atoms with E-state index in [1.165, 1.54) is 17.3 Å². The topological polar surface area (TPSA) is 74.4 Å². The lowest BCUT2D eigenvalue weighted by Crippen LogP contribution is -2.02. The number of thioether (sulfide) groups is 1.